The van der Waals surface area contributed by atoms with Crippen LogP contribution in [-0.4, -0.2) is 26.8 Å². The largest absolute Gasteiger partial charge is 0.612 e. The molecule has 0 saturated heterocycles. The molecule has 0 aliphatic heterocycles. The number of halogens is 3. The topological polar surface area (TPSA) is 113 Å². The second kappa shape index (κ2) is 7.22. The van der Waals surface area contributed by atoms with Gasteiger partial charge in [-0.1, -0.05) is 0 Å². The van der Waals surface area contributed by atoms with Gasteiger partial charge in [0.2, 0.25) is 0 Å². The third-order valence-electron chi connectivity index (χ3n) is 3.20. The molecule has 0 aliphatic rings. The molecular weight excluding hydrogens is 379 g/mol. The molecule has 2 aromatic carbocycles. The minimum atomic E-state index is -4.64. The fourth-order valence-corrected chi connectivity index (χ4v) is 2.72. The lowest BCUT2D eigenvalue weighted by molar-refractivity contribution is -0.385. The second-order valence-corrected chi connectivity index (χ2v) is 6.30. The first-order valence-electron chi connectivity index (χ1n) is 6.75. The normalized spacial score (nSPS) is 12.5. The highest BCUT2D eigenvalue weighted by Crippen LogP contribution is 2.36. The van der Waals surface area contributed by atoms with Crippen molar-refractivity contribution in [2.45, 2.75) is 11.1 Å². The quantitative estimate of drug-likeness (QED) is 0.472. The molecule has 0 saturated carbocycles. The molecule has 1 N–H and O–H groups in total. The van der Waals surface area contributed by atoms with Gasteiger partial charge in [-0.2, -0.15) is 13.2 Å². The minimum absolute atomic E-state index is 0.167. The number of benzene rings is 2. The Labute approximate surface area is 147 Å². The smallest absolute Gasteiger partial charge is 0.416 e. The van der Waals surface area contributed by atoms with Crippen LogP contribution in [0.5, 0.6) is 11.5 Å². The van der Waals surface area contributed by atoms with E-state index >= 15 is 0 Å². The molecule has 11 heteroatoms. The summed E-state index contributed by atoms with van der Waals surface area (Å²) in [6.07, 6.45) is -3.49. The predicted molar refractivity (Wildman–Crippen MR) is 83.9 cm³/mol. The maximum absolute atomic E-state index is 12.8. The third kappa shape index (κ3) is 4.24. The summed E-state index contributed by atoms with van der Waals surface area (Å²) in [5.41, 5.74) is -2.35. The van der Waals surface area contributed by atoms with Crippen molar-refractivity contribution in [1.82, 2.24) is 0 Å². The van der Waals surface area contributed by atoms with Crippen molar-refractivity contribution in [3.8, 4) is 11.5 Å². The van der Waals surface area contributed by atoms with Gasteiger partial charge in [0.25, 0.3) is 5.69 Å². The standard InChI is InChI=1S/C15H10F3NO6S/c1-26(24)13-6-8(15(16,17)18)2-5-12(13)25-9-3-4-11(19(22)23)10(7-9)14(20)21/h2-7H,1H3,(H,20,21). The number of nitrogens with zero attached hydrogens (tertiary/aromatic N) is 1. The lowest BCUT2D eigenvalue weighted by Gasteiger charge is -2.14. The molecular formula is C15H10F3NO6S. The Morgan fingerprint density at radius 1 is 1.23 bits per heavy atom. The molecule has 1 atom stereocenters. The summed E-state index contributed by atoms with van der Waals surface area (Å²) in [4.78, 5) is 20.8. The van der Waals surface area contributed by atoms with Crippen molar-refractivity contribution in [2.75, 3.05) is 6.26 Å². The van der Waals surface area contributed by atoms with Gasteiger partial charge in [0, 0.05) is 18.2 Å². The highest BCUT2D eigenvalue weighted by atomic mass is 32.2. The van der Waals surface area contributed by atoms with Crippen molar-refractivity contribution in [3.05, 3.63) is 57.6 Å². The van der Waals surface area contributed by atoms with Crippen LogP contribution in [0.15, 0.2) is 41.3 Å². The van der Waals surface area contributed by atoms with Crippen LogP contribution in [0, 0.1) is 10.1 Å². The van der Waals surface area contributed by atoms with Gasteiger partial charge in [0.05, 0.1) is 10.5 Å². The first-order valence-corrected chi connectivity index (χ1v) is 8.30. The van der Waals surface area contributed by atoms with Crippen LogP contribution in [0.2, 0.25) is 0 Å². The number of aromatic carboxylic acids is 1. The number of carbonyl (C=O) groups is 1. The zero-order chi connectivity index (χ0) is 19.6. The van der Waals surface area contributed by atoms with Crippen LogP contribution >= 0.6 is 0 Å². The van der Waals surface area contributed by atoms with Crippen LogP contribution in [-0.2, 0) is 17.4 Å². The van der Waals surface area contributed by atoms with E-state index in [1.165, 1.54) is 0 Å². The number of nitro groups is 1. The van der Waals surface area contributed by atoms with Crippen LogP contribution in [0.4, 0.5) is 18.9 Å². The number of hydrogen-bond acceptors (Lipinski definition) is 5. The van der Waals surface area contributed by atoms with E-state index in [2.05, 4.69) is 0 Å². The van der Waals surface area contributed by atoms with E-state index in [-0.39, 0.29) is 16.4 Å². The summed E-state index contributed by atoms with van der Waals surface area (Å²) in [5, 5.41) is 19.9. The van der Waals surface area contributed by atoms with Gasteiger partial charge < -0.3 is 14.4 Å². The van der Waals surface area contributed by atoms with Gasteiger partial charge in [0.15, 0.2) is 10.6 Å². The molecule has 7 nitrogen and oxygen atoms in total. The van der Waals surface area contributed by atoms with E-state index in [1.54, 1.807) is 0 Å². The molecule has 0 heterocycles. The highest BCUT2D eigenvalue weighted by Gasteiger charge is 2.33. The summed E-state index contributed by atoms with van der Waals surface area (Å²) >= 11 is -1.83. The number of nitro benzene ring substituents is 1. The number of hydrogen-bond donors (Lipinski definition) is 1. The predicted octanol–water partition coefficient (Wildman–Crippen LogP) is 3.84. The van der Waals surface area contributed by atoms with Crippen molar-refractivity contribution in [3.63, 3.8) is 0 Å². The first-order chi connectivity index (χ1) is 12.0. The van der Waals surface area contributed by atoms with Crippen molar-refractivity contribution in [2.24, 2.45) is 0 Å². The average Bonchev–Trinajstić information content (AvgIpc) is 2.53. The molecule has 0 bridgehead atoms. The molecule has 26 heavy (non-hydrogen) atoms. The van der Waals surface area contributed by atoms with Crippen LogP contribution in [0.25, 0.3) is 0 Å². The number of rotatable bonds is 5. The molecule has 0 spiro atoms. The summed E-state index contributed by atoms with van der Waals surface area (Å²) in [5.74, 6) is -1.93. The van der Waals surface area contributed by atoms with Gasteiger partial charge >= 0.3 is 12.1 Å². The van der Waals surface area contributed by atoms with E-state index in [4.69, 9.17) is 9.84 Å². The van der Waals surface area contributed by atoms with Gasteiger partial charge in [-0.25, -0.2) is 4.79 Å². The molecule has 1 unspecified atom stereocenters. The molecule has 0 amide bonds. The zero-order valence-electron chi connectivity index (χ0n) is 12.9. The van der Waals surface area contributed by atoms with E-state index in [0.717, 1.165) is 36.6 Å². The Bertz CT molecular complexity index is 869. The number of alkyl halides is 3. The van der Waals surface area contributed by atoms with Crippen LogP contribution < -0.4 is 4.74 Å². The molecule has 0 aromatic heterocycles. The molecule has 2 aromatic rings. The Kier molecular flexibility index (Phi) is 5.42. The first kappa shape index (κ1) is 19.5. The van der Waals surface area contributed by atoms with Crippen molar-refractivity contribution >= 4 is 22.8 Å². The Balaban J connectivity index is 2.47. The van der Waals surface area contributed by atoms with Crippen molar-refractivity contribution < 1.29 is 37.3 Å². The van der Waals surface area contributed by atoms with Crippen molar-refractivity contribution in [1.29, 1.82) is 0 Å². The van der Waals surface area contributed by atoms with Gasteiger partial charge in [0.1, 0.15) is 17.6 Å². The minimum Gasteiger partial charge on any atom is -0.612 e. The van der Waals surface area contributed by atoms with Gasteiger partial charge in [-0.15, -0.1) is 0 Å². The van der Waals surface area contributed by atoms with E-state index < -0.39 is 45.1 Å². The maximum Gasteiger partial charge on any atom is 0.416 e. The number of carboxylic acid groups (broad SMARTS) is 1. The van der Waals surface area contributed by atoms with Gasteiger partial charge in [-0.3, -0.25) is 10.1 Å². The summed E-state index contributed by atoms with van der Waals surface area (Å²) in [6, 6.07) is 5.17. The fourth-order valence-electron chi connectivity index (χ4n) is 2.03. The fraction of sp³-hybridized carbons (Fsp3) is 0.133. The Morgan fingerprint density at radius 3 is 2.38 bits per heavy atom. The van der Waals surface area contributed by atoms with E-state index in [9.17, 15) is 32.6 Å². The summed E-state index contributed by atoms with van der Waals surface area (Å²) in [7, 11) is 0. The third-order valence-corrected chi connectivity index (χ3v) is 4.14. The number of ether oxygens (including phenoxy) is 1. The summed E-state index contributed by atoms with van der Waals surface area (Å²) < 4.78 is 55.4. The molecule has 0 radical (unpaired) electrons. The van der Waals surface area contributed by atoms with Crippen LogP contribution in [0.1, 0.15) is 15.9 Å². The lowest BCUT2D eigenvalue weighted by atomic mass is 10.1. The SMILES string of the molecule is C[S+]([O-])c1cc(C(F)(F)F)ccc1Oc1ccc([N+](=O)[O-])c(C(=O)O)c1. The zero-order valence-corrected chi connectivity index (χ0v) is 13.8. The molecule has 0 fully saturated rings. The van der Waals surface area contributed by atoms with E-state index in [1.807, 2.05) is 0 Å². The Morgan fingerprint density at radius 2 is 1.88 bits per heavy atom. The average molecular weight is 389 g/mol. The Hall–Kier alpha value is -2.79. The molecule has 0 aliphatic carbocycles. The van der Waals surface area contributed by atoms with Gasteiger partial charge in [-0.05, 0) is 29.4 Å². The second-order valence-electron chi connectivity index (χ2n) is 4.96. The lowest BCUT2D eigenvalue weighted by Crippen LogP contribution is -2.08. The molecule has 138 valence electrons. The van der Waals surface area contributed by atoms with Crippen LogP contribution in [0.3, 0.4) is 0 Å². The maximum atomic E-state index is 12.8. The van der Waals surface area contributed by atoms with E-state index in [0.29, 0.717) is 6.07 Å². The monoisotopic (exact) mass is 389 g/mol. The highest BCUT2D eigenvalue weighted by molar-refractivity contribution is 7.90. The number of carboxylic acids is 1. The molecule has 2 rings (SSSR count). The summed E-state index contributed by atoms with van der Waals surface area (Å²) in [6.45, 7) is 0.